The van der Waals surface area contributed by atoms with Crippen LogP contribution in [0, 0.1) is 17.5 Å². The Morgan fingerprint density at radius 2 is 1.93 bits per heavy atom. The molecular weight excluding hydrogens is 423 g/mol. The Hall–Kier alpha value is -3.33. The van der Waals surface area contributed by atoms with Gasteiger partial charge in [0.05, 0.1) is 23.3 Å². The van der Waals surface area contributed by atoms with E-state index in [4.69, 9.17) is 11.6 Å². The fourth-order valence-corrected chi connectivity index (χ4v) is 3.68. The topological polar surface area (TPSA) is 62.7 Å². The van der Waals surface area contributed by atoms with E-state index in [-0.39, 0.29) is 6.54 Å². The number of aromatic nitrogens is 1. The molecule has 1 aliphatic heterocycles. The molecule has 3 aromatic rings. The minimum atomic E-state index is -1.63. The monoisotopic (exact) mass is 435 g/mol. The van der Waals surface area contributed by atoms with E-state index in [0.717, 1.165) is 12.0 Å². The van der Waals surface area contributed by atoms with Crippen LogP contribution in [0.1, 0.15) is 5.56 Å². The van der Waals surface area contributed by atoms with Gasteiger partial charge < -0.3 is 9.64 Å². The predicted octanol–water partition coefficient (Wildman–Crippen LogP) is 4.28. The van der Waals surface area contributed by atoms with Gasteiger partial charge >= 0.3 is 6.03 Å². The van der Waals surface area contributed by atoms with Gasteiger partial charge in [0.25, 0.3) is 5.91 Å². The van der Waals surface area contributed by atoms with Gasteiger partial charge in [-0.25, -0.2) is 18.5 Å². The summed E-state index contributed by atoms with van der Waals surface area (Å²) in [4.78, 5) is 31.0. The molecule has 0 spiro atoms. The minimum absolute atomic E-state index is 0.0352. The number of carbonyl (C=O) groups is 2. The summed E-state index contributed by atoms with van der Waals surface area (Å²) in [6.45, 7) is -0.436. The van der Waals surface area contributed by atoms with E-state index in [1.807, 2.05) is 0 Å². The minimum Gasteiger partial charge on any atom is -0.491 e. The second-order valence-corrected chi connectivity index (χ2v) is 6.92. The van der Waals surface area contributed by atoms with Gasteiger partial charge in [-0.15, -0.1) is 0 Å². The van der Waals surface area contributed by atoms with Crippen LogP contribution >= 0.6 is 11.6 Å². The van der Waals surface area contributed by atoms with Crippen LogP contribution in [0.5, 0.6) is 5.75 Å². The number of imide groups is 1. The highest BCUT2D eigenvalue weighted by Crippen LogP contribution is 2.34. The lowest BCUT2D eigenvalue weighted by Gasteiger charge is -2.19. The zero-order valence-corrected chi connectivity index (χ0v) is 16.2. The van der Waals surface area contributed by atoms with Crippen LogP contribution in [0.3, 0.4) is 0 Å². The van der Waals surface area contributed by atoms with Gasteiger partial charge in [-0.2, -0.15) is 4.39 Å². The Morgan fingerprint density at radius 3 is 2.67 bits per heavy atom. The number of halogens is 4. The molecule has 3 amide bonds. The average molecular weight is 436 g/mol. The smallest absolute Gasteiger partial charge is 0.332 e. The lowest BCUT2D eigenvalue weighted by Crippen LogP contribution is -2.33. The number of amides is 3. The van der Waals surface area contributed by atoms with Gasteiger partial charge in [0.2, 0.25) is 5.82 Å². The maximum atomic E-state index is 14.4. The third-order valence-electron chi connectivity index (χ3n) is 4.74. The summed E-state index contributed by atoms with van der Waals surface area (Å²) < 4.78 is 47.0. The SMILES string of the molecule is COc1c(F)cc(N2C(=O)CN(Cc3ccnc4cccc(Cl)c34)C2=O)c(F)c1F. The molecule has 0 aliphatic carbocycles. The van der Waals surface area contributed by atoms with Gasteiger partial charge in [-0.3, -0.25) is 9.78 Å². The van der Waals surface area contributed by atoms with Gasteiger partial charge in [0, 0.05) is 24.2 Å². The first-order chi connectivity index (χ1) is 14.3. The molecule has 1 saturated heterocycles. The van der Waals surface area contributed by atoms with Crippen LogP contribution in [0.4, 0.5) is 23.7 Å². The number of carbonyl (C=O) groups excluding carboxylic acids is 2. The standard InChI is InChI=1S/C20H13ClF3N3O3/c1-30-19-12(22)7-14(17(23)18(19)24)27-15(28)9-26(20(27)29)8-10-5-6-25-13-4-2-3-11(21)16(10)13/h2-7H,8-9H2,1H3. The molecule has 4 rings (SSSR count). The van der Waals surface area contributed by atoms with Crippen LogP contribution in [0.25, 0.3) is 10.9 Å². The van der Waals surface area contributed by atoms with Crippen molar-refractivity contribution >= 4 is 40.1 Å². The molecule has 0 saturated carbocycles. The summed E-state index contributed by atoms with van der Waals surface area (Å²) in [6.07, 6.45) is 1.53. The summed E-state index contributed by atoms with van der Waals surface area (Å²) in [5.74, 6) is -6.19. The highest BCUT2D eigenvalue weighted by Gasteiger charge is 2.40. The lowest BCUT2D eigenvalue weighted by atomic mass is 10.1. The molecule has 2 aromatic carbocycles. The number of urea groups is 1. The average Bonchev–Trinajstić information content (AvgIpc) is 2.98. The number of nitrogens with zero attached hydrogens (tertiary/aromatic N) is 3. The van der Waals surface area contributed by atoms with Gasteiger partial charge in [-0.1, -0.05) is 17.7 Å². The number of anilines is 1. The molecule has 1 aliphatic rings. The Morgan fingerprint density at radius 1 is 1.17 bits per heavy atom. The van der Waals surface area contributed by atoms with Crippen molar-refractivity contribution in [2.45, 2.75) is 6.54 Å². The third kappa shape index (κ3) is 3.11. The van der Waals surface area contributed by atoms with Crippen molar-refractivity contribution < 1.29 is 27.5 Å². The van der Waals surface area contributed by atoms with Crippen LogP contribution in [-0.2, 0) is 11.3 Å². The summed E-state index contributed by atoms with van der Waals surface area (Å²) in [6, 6.07) is 6.41. The molecule has 30 heavy (non-hydrogen) atoms. The molecule has 1 fully saturated rings. The zero-order chi connectivity index (χ0) is 21.6. The summed E-state index contributed by atoms with van der Waals surface area (Å²) in [7, 11) is 0.971. The second-order valence-electron chi connectivity index (χ2n) is 6.51. The summed E-state index contributed by atoms with van der Waals surface area (Å²) in [5, 5.41) is 1.02. The number of fused-ring (bicyclic) bond motifs is 1. The molecular formula is C20H13ClF3N3O3. The summed E-state index contributed by atoms with van der Waals surface area (Å²) in [5.41, 5.74) is 0.391. The van der Waals surface area contributed by atoms with Crippen molar-refractivity contribution in [1.82, 2.24) is 9.88 Å². The Labute approximate surface area is 173 Å². The molecule has 10 heteroatoms. The first-order valence-corrected chi connectivity index (χ1v) is 9.06. The molecule has 154 valence electrons. The Bertz CT molecular complexity index is 1200. The number of rotatable bonds is 4. The molecule has 0 radical (unpaired) electrons. The number of hydrogen-bond acceptors (Lipinski definition) is 4. The highest BCUT2D eigenvalue weighted by atomic mass is 35.5. The maximum absolute atomic E-state index is 14.4. The van der Waals surface area contributed by atoms with Crippen LogP contribution in [0.2, 0.25) is 5.02 Å². The first kappa shape index (κ1) is 20.0. The molecule has 2 heterocycles. The van der Waals surface area contributed by atoms with Crippen molar-refractivity contribution in [2.24, 2.45) is 0 Å². The summed E-state index contributed by atoms with van der Waals surface area (Å²) >= 11 is 6.26. The van der Waals surface area contributed by atoms with E-state index < -0.39 is 47.4 Å². The number of ether oxygens (including phenoxy) is 1. The predicted molar refractivity (Wildman–Crippen MR) is 103 cm³/mol. The first-order valence-electron chi connectivity index (χ1n) is 8.69. The number of pyridine rings is 1. The molecule has 0 unspecified atom stereocenters. The number of benzene rings is 2. The van der Waals surface area contributed by atoms with Gasteiger partial charge in [0.1, 0.15) is 6.54 Å². The molecule has 0 N–H and O–H groups in total. The van der Waals surface area contributed by atoms with Crippen molar-refractivity contribution in [2.75, 3.05) is 18.6 Å². The highest BCUT2D eigenvalue weighted by molar-refractivity contribution is 6.35. The van der Waals surface area contributed by atoms with Crippen LogP contribution in [-0.4, -0.2) is 35.5 Å². The fourth-order valence-electron chi connectivity index (χ4n) is 3.39. The molecule has 0 atom stereocenters. The number of methoxy groups -OCH3 is 1. The fraction of sp³-hybridized carbons (Fsp3) is 0.150. The molecule has 6 nitrogen and oxygen atoms in total. The zero-order valence-electron chi connectivity index (χ0n) is 15.5. The van der Waals surface area contributed by atoms with Gasteiger partial charge in [0.15, 0.2) is 17.4 Å². The van der Waals surface area contributed by atoms with E-state index in [9.17, 15) is 22.8 Å². The van der Waals surface area contributed by atoms with Crippen molar-refractivity contribution in [1.29, 1.82) is 0 Å². The normalized spacial score (nSPS) is 14.2. The quantitative estimate of drug-likeness (QED) is 0.453. The van der Waals surface area contributed by atoms with Crippen molar-refractivity contribution in [3.8, 4) is 5.75 Å². The largest absolute Gasteiger partial charge is 0.491 e. The third-order valence-corrected chi connectivity index (χ3v) is 5.06. The molecule has 0 bridgehead atoms. The number of hydrogen-bond donors (Lipinski definition) is 0. The van der Waals surface area contributed by atoms with Crippen LogP contribution in [0.15, 0.2) is 36.5 Å². The van der Waals surface area contributed by atoms with E-state index in [1.165, 1.54) is 6.20 Å². The second kappa shape index (κ2) is 7.49. The lowest BCUT2D eigenvalue weighted by molar-refractivity contribution is -0.116. The molecule has 1 aromatic heterocycles. The maximum Gasteiger partial charge on any atom is 0.332 e. The van der Waals surface area contributed by atoms with E-state index in [1.54, 1.807) is 24.3 Å². The van der Waals surface area contributed by atoms with Crippen molar-refractivity contribution in [3.63, 3.8) is 0 Å². The van der Waals surface area contributed by atoms with Crippen molar-refractivity contribution in [3.05, 3.63) is 64.6 Å². The van der Waals surface area contributed by atoms with E-state index >= 15 is 0 Å². The Balaban J connectivity index is 1.70. The Kier molecular flexibility index (Phi) is 4.98. The van der Waals surface area contributed by atoms with E-state index in [0.29, 0.717) is 32.5 Å². The van der Waals surface area contributed by atoms with E-state index in [2.05, 4.69) is 9.72 Å². The van der Waals surface area contributed by atoms with Gasteiger partial charge in [-0.05, 0) is 23.8 Å². The van der Waals surface area contributed by atoms with Crippen LogP contribution < -0.4 is 9.64 Å².